The molecule has 2 bridgehead atoms. The summed E-state index contributed by atoms with van der Waals surface area (Å²) in [6.45, 7) is 7.28. The van der Waals surface area contributed by atoms with Crippen LogP contribution < -0.4 is 11.1 Å². The molecule has 1 aliphatic carbocycles. The van der Waals surface area contributed by atoms with E-state index in [0.717, 1.165) is 19.3 Å². The number of rotatable bonds is 3. The van der Waals surface area contributed by atoms with Crippen molar-refractivity contribution in [3.05, 3.63) is 24.3 Å². The monoisotopic (exact) mass is 367 g/mol. The summed E-state index contributed by atoms with van der Waals surface area (Å²) in [7, 11) is -3.53. The van der Waals surface area contributed by atoms with Crippen LogP contribution in [-0.2, 0) is 10.0 Å². The number of sulfonamides is 1. The number of fused-ring (bicyclic) bond motifs is 2. The van der Waals surface area contributed by atoms with Gasteiger partial charge in [0.2, 0.25) is 10.0 Å². The van der Waals surface area contributed by atoms with Gasteiger partial charge in [-0.25, -0.2) is 8.42 Å². The van der Waals surface area contributed by atoms with Crippen LogP contribution in [0.5, 0.6) is 0 Å². The summed E-state index contributed by atoms with van der Waals surface area (Å²) < 4.78 is 28.1. The highest BCUT2D eigenvalue weighted by molar-refractivity contribution is 7.89. The molecule has 132 valence electrons. The number of nitrogens with two attached hydrogens (primary N) is 1. The molecule has 1 aromatic rings. The molecule has 7 heteroatoms. The Bertz CT molecular complexity index is 776. The molecule has 5 nitrogen and oxygen atoms in total. The minimum absolute atomic E-state index is 0.0637. The fourth-order valence-electron chi connectivity index (χ4n) is 4.70. The first-order chi connectivity index (χ1) is 11.0. The summed E-state index contributed by atoms with van der Waals surface area (Å²) in [5, 5.41) is 2.92. The molecule has 0 amide bonds. The van der Waals surface area contributed by atoms with Crippen molar-refractivity contribution in [3.63, 3.8) is 0 Å². The zero-order chi connectivity index (χ0) is 17.8. The average Bonchev–Trinajstić information content (AvgIpc) is 2.68. The molecule has 1 saturated heterocycles. The van der Waals surface area contributed by atoms with E-state index in [1.165, 1.54) is 0 Å². The lowest BCUT2D eigenvalue weighted by Crippen LogP contribution is -2.37. The first-order valence-corrected chi connectivity index (χ1v) is 10.0. The van der Waals surface area contributed by atoms with E-state index < -0.39 is 10.0 Å². The highest BCUT2D eigenvalue weighted by Gasteiger charge is 2.53. The molecule has 2 aliphatic rings. The average molecular weight is 368 g/mol. The van der Waals surface area contributed by atoms with Gasteiger partial charge in [-0.1, -0.05) is 26.8 Å². The summed E-state index contributed by atoms with van der Waals surface area (Å²) >= 11 is 4.83. The van der Waals surface area contributed by atoms with E-state index in [4.69, 9.17) is 18.0 Å². The van der Waals surface area contributed by atoms with Crippen molar-refractivity contribution >= 4 is 33.0 Å². The maximum atomic E-state index is 13.2. The fourth-order valence-corrected chi connectivity index (χ4v) is 6.64. The smallest absolute Gasteiger partial charge is 0.243 e. The van der Waals surface area contributed by atoms with E-state index in [0.29, 0.717) is 12.2 Å². The number of hydrogen-bond donors (Lipinski definition) is 2. The van der Waals surface area contributed by atoms with Crippen molar-refractivity contribution in [1.82, 2.24) is 4.31 Å². The van der Waals surface area contributed by atoms with Gasteiger partial charge < -0.3 is 11.1 Å². The molecule has 1 heterocycles. The second-order valence-electron chi connectivity index (χ2n) is 8.28. The predicted molar refractivity (Wildman–Crippen MR) is 100 cm³/mol. The third-order valence-electron chi connectivity index (χ3n) is 5.07. The molecule has 0 spiro atoms. The molecular weight excluding hydrogens is 342 g/mol. The van der Waals surface area contributed by atoms with Gasteiger partial charge in [-0.3, -0.25) is 0 Å². The molecule has 0 radical (unpaired) electrons. The molecule has 0 aromatic heterocycles. The van der Waals surface area contributed by atoms with Crippen LogP contribution in [0.2, 0.25) is 0 Å². The van der Waals surface area contributed by atoms with Gasteiger partial charge in [-0.05, 0) is 60.5 Å². The summed E-state index contributed by atoms with van der Waals surface area (Å²) in [6, 6.07) is 6.78. The standard InChI is InChI=1S/C17H25N3O2S2/c1-16(2)8-13-9-17(3,10-16)11-20(13)24(21,22)14-6-4-5-12(7-14)19-15(18)23/h4-7,13H,8-11H2,1-3H3,(H3,18,19,23). The highest BCUT2D eigenvalue weighted by atomic mass is 32.2. The molecule has 3 rings (SSSR count). The summed E-state index contributed by atoms with van der Waals surface area (Å²) in [5.74, 6) is 0. The molecule has 2 atom stereocenters. The SMILES string of the molecule is CC1(C)CC2CC(C)(CN2S(=O)(=O)c2cccc(NC(N)=S)c2)C1. The Kier molecular flexibility index (Phi) is 4.17. The number of nitrogens with one attached hydrogen (secondary N) is 1. The van der Waals surface area contributed by atoms with Gasteiger partial charge in [-0.2, -0.15) is 4.31 Å². The van der Waals surface area contributed by atoms with E-state index in [2.05, 4.69) is 26.1 Å². The molecule has 2 fully saturated rings. The van der Waals surface area contributed by atoms with Crippen LogP contribution in [0.25, 0.3) is 0 Å². The highest BCUT2D eigenvalue weighted by Crippen LogP contribution is 2.53. The van der Waals surface area contributed by atoms with E-state index in [9.17, 15) is 8.42 Å². The van der Waals surface area contributed by atoms with Crippen molar-refractivity contribution in [2.45, 2.75) is 51.0 Å². The van der Waals surface area contributed by atoms with E-state index >= 15 is 0 Å². The molecule has 1 aromatic carbocycles. The first kappa shape index (κ1) is 17.6. The fraction of sp³-hybridized carbons (Fsp3) is 0.588. The van der Waals surface area contributed by atoms with Crippen LogP contribution in [0.3, 0.4) is 0 Å². The van der Waals surface area contributed by atoms with Crippen molar-refractivity contribution in [1.29, 1.82) is 0 Å². The van der Waals surface area contributed by atoms with E-state index in [1.54, 1.807) is 28.6 Å². The normalized spacial score (nSPS) is 29.4. The lowest BCUT2D eigenvalue weighted by atomic mass is 9.65. The zero-order valence-corrected chi connectivity index (χ0v) is 16.0. The lowest BCUT2D eigenvalue weighted by Gasteiger charge is -2.39. The van der Waals surface area contributed by atoms with E-state index in [1.807, 2.05) is 0 Å². The third-order valence-corrected chi connectivity index (χ3v) is 7.07. The molecule has 24 heavy (non-hydrogen) atoms. The van der Waals surface area contributed by atoms with Crippen LogP contribution in [-0.4, -0.2) is 30.4 Å². The Morgan fingerprint density at radius 2 is 2.04 bits per heavy atom. The minimum atomic E-state index is -3.53. The summed E-state index contributed by atoms with van der Waals surface area (Å²) in [6.07, 6.45) is 2.92. The minimum Gasteiger partial charge on any atom is -0.376 e. The van der Waals surface area contributed by atoms with Crippen LogP contribution in [0.4, 0.5) is 5.69 Å². The van der Waals surface area contributed by atoms with Crippen molar-refractivity contribution < 1.29 is 8.42 Å². The Morgan fingerprint density at radius 1 is 1.33 bits per heavy atom. The number of benzene rings is 1. The Balaban J connectivity index is 1.93. The maximum Gasteiger partial charge on any atom is 0.243 e. The number of hydrogen-bond acceptors (Lipinski definition) is 3. The quantitative estimate of drug-likeness (QED) is 0.804. The predicted octanol–water partition coefficient (Wildman–Crippen LogP) is 2.93. The van der Waals surface area contributed by atoms with Gasteiger partial charge in [0.15, 0.2) is 5.11 Å². The molecular formula is C17H25N3O2S2. The van der Waals surface area contributed by atoms with Crippen LogP contribution in [0.15, 0.2) is 29.2 Å². The molecule has 1 aliphatic heterocycles. The molecule has 1 saturated carbocycles. The Labute approximate surface area is 149 Å². The van der Waals surface area contributed by atoms with Gasteiger partial charge in [-0.15, -0.1) is 0 Å². The van der Waals surface area contributed by atoms with Crippen molar-refractivity contribution in [2.75, 3.05) is 11.9 Å². The van der Waals surface area contributed by atoms with Crippen LogP contribution in [0.1, 0.15) is 40.0 Å². The third kappa shape index (κ3) is 3.30. The van der Waals surface area contributed by atoms with Gasteiger partial charge in [0.1, 0.15) is 0 Å². The molecule has 2 unspecified atom stereocenters. The summed E-state index contributed by atoms with van der Waals surface area (Å²) in [4.78, 5) is 0.290. The number of nitrogens with zero attached hydrogens (tertiary/aromatic N) is 1. The Hall–Kier alpha value is -1.18. The van der Waals surface area contributed by atoms with Crippen LogP contribution in [0, 0.1) is 10.8 Å². The maximum absolute atomic E-state index is 13.2. The van der Waals surface area contributed by atoms with E-state index in [-0.39, 0.29) is 26.9 Å². The largest absolute Gasteiger partial charge is 0.376 e. The number of anilines is 1. The summed E-state index contributed by atoms with van der Waals surface area (Å²) in [5.41, 5.74) is 6.32. The van der Waals surface area contributed by atoms with Crippen molar-refractivity contribution in [2.24, 2.45) is 16.6 Å². The van der Waals surface area contributed by atoms with Crippen LogP contribution >= 0.6 is 12.2 Å². The number of thiocarbonyl (C=S) groups is 1. The van der Waals surface area contributed by atoms with Gasteiger partial charge in [0, 0.05) is 18.3 Å². The molecule has 3 N–H and O–H groups in total. The van der Waals surface area contributed by atoms with Gasteiger partial charge in [0.25, 0.3) is 0 Å². The second-order valence-corrected chi connectivity index (χ2v) is 10.6. The lowest BCUT2D eigenvalue weighted by molar-refractivity contribution is 0.133. The zero-order valence-electron chi connectivity index (χ0n) is 14.4. The van der Waals surface area contributed by atoms with Gasteiger partial charge in [0.05, 0.1) is 4.90 Å². The first-order valence-electron chi connectivity index (χ1n) is 8.19. The van der Waals surface area contributed by atoms with Crippen molar-refractivity contribution in [3.8, 4) is 0 Å². The topological polar surface area (TPSA) is 75.4 Å². The van der Waals surface area contributed by atoms with Gasteiger partial charge >= 0.3 is 0 Å². The second kappa shape index (κ2) is 5.68. The Morgan fingerprint density at radius 3 is 2.71 bits per heavy atom.